The van der Waals surface area contributed by atoms with E-state index in [-0.39, 0.29) is 0 Å². The van der Waals surface area contributed by atoms with Crippen LogP contribution in [0.2, 0.25) is 0 Å². The van der Waals surface area contributed by atoms with Crippen LogP contribution < -0.4 is 0 Å². The lowest BCUT2D eigenvalue weighted by Gasteiger charge is -1.94. The molecular formula is C13H22N4. The maximum atomic E-state index is 4.24. The molecule has 0 unspecified atom stereocenters. The number of nitrogens with zero attached hydrogens (tertiary/aromatic N) is 4. The molecule has 1 aliphatic heterocycles. The molecular weight excluding hydrogens is 212 g/mol. The minimum Gasteiger partial charge on any atom is -0.256 e. The van der Waals surface area contributed by atoms with Crippen molar-refractivity contribution in [3.05, 3.63) is 12.5 Å². The SMILES string of the molecule is C1=Nc2cncnc2N=CCCC1.CC.CC. The van der Waals surface area contributed by atoms with E-state index in [1.807, 2.05) is 40.1 Å². The third-order valence-electron chi connectivity index (χ3n) is 1.78. The molecule has 0 amide bonds. The number of aromatic nitrogens is 2. The molecule has 4 heteroatoms. The molecule has 0 atom stereocenters. The van der Waals surface area contributed by atoms with Crippen molar-refractivity contribution in [2.75, 3.05) is 0 Å². The summed E-state index contributed by atoms with van der Waals surface area (Å²) in [4.78, 5) is 16.4. The second-order valence-corrected chi connectivity index (χ2v) is 2.79. The molecule has 0 radical (unpaired) electrons. The fourth-order valence-electron chi connectivity index (χ4n) is 1.12. The first kappa shape index (κ1) is 15.4. The molecule has 0 aromatic carbocycles. The van der Waals surface area contributed by atoms with E-state index in [0.29, 0.717) is 5.82 Å². The smallest absolute Gasteiger partial charge is 0.180 e. The number of hydrogen-bond acceptors (Lipinski definition) is 4. The maximum absolute atomic E-state index is 4.24. The summed E-state index contributed by atoms with van der Waals surface area (Å²) in [5.41, 5.74) is 0.751. The van der Waals surface area contributed by atoms with Gasteiger partial charge in [-0.3, -0.25) is 4.99 Å². The van der Waals surface area contributed by atoms with Crippen LogP contribution in [-0.2, 0) is 0 Å². The number of aliphatic imine (C=N–C) groups is 2. The van der Waals surface area contributed by atoms with Crippen LogP contribution in [0.4, 0.5) is 11.5 Å². The van der Waals surface area contributed by atoms with Gasteiger partial charge in [0, 0.05) is 12.4 Å². The van der Waals surface area contributed by atoms with Gasteiger partial charge in [0.2, 0.25) is 0 Å². The molecule has 0 fully saturated rings. The van der Waals surface area contributed by atoms with Gasteiger partial charge in [-0.25, -0.2) is 15.0 Å². The summed E-state index contributed by atoms with van der Waals surface area (Å²) < 4.78 is 0. The zero-order valence-electron chi connectivity index (χ0n) is 11.2. The summed E-state index contributed by atoms with van der Waals surface area (Å²) in [6, 6.07) is 0. The highest BCUT2D eigenvalue weighted by atomic mass is 15.0. The third kappa shape index (κ3) is 5.90. The Hall–Kier alpha value is -1.58. The van der Waals surface area contributed by atoms with E-state index in [1.165, 1.54) is 6.33 Å². The summed E-state index contributed by atoms with van der Waals surface area (Å²) in [7, 11) is 0. The molecule has 0 saturated heterocycles. The Kier molecular flexibility index (Phi) is 9.91. The molecule has 0 saturated carbocycles. The number of rotatable bonds is 0. The Morgan fingerprint density at radius 1 is 0.941 bits per heavy atom. The van der Waals surface area contributed by atoms with Gasteiger partial charge >= 0.3 is 0 Å². The topological polar surface area (TPSA) is 50.5 Å². The van der Waals surface area contributed by atoms with Crippen molar-refractivity contribution >= 4 is 23.9 Å². The van der Waals surface area contributed by atoms with E-state index in [4.69, 9.17) is 0 Å². The zero-order valence-corrected chi connectivity index (χ0v) is 11.2. The molecule has 2 heterocycles. The Morgan fingerprint density at radius 3 is 2.29 bits per heavy atom. The first-order chi connectivity index (χ1) is 8.47. The molecule has 0 spiro atoms. The molecule has 17 heavy (non-hydrogen) atoms. The molecule has 0 N–H and O–H groups in total. The van der Waals surface area contributed by atoms with E-state index in [1.54, 1.807) is 6.20 Å². The van der Waals surface area contributed by atoms with E-state index in [0.717, 1.165) is 24.9 Å². The minimum atomic E-state index is 0.660. The van der Waals surface area contributed by atoms with Crippen molar-refractivity contribution in [1.29, 1.82) is 0 Å². The molecule has 1 aromatic rings. The predicted molar refractivity (Wildman–Crippen MR) is 74.9 cm³/mol. The van der Waals surface area contributed by atoms with Crippen LogP contribution in [-0.4, -0.2) is 22.4 Å². The van der Waals surface area contributed by atoms with Crippen LogP contribution in [0.5, 0.6) is 0 Å². The van der Waals surface area contributed by atoms with Gasteiger partial charge < -0.3 is 0 Å². The van der Waals surface area contributed by atoms with Gasteiger partial charge in [-0.2, -0.15) is 0 Å². The highest BCUT2D eigenvalue weighted by molar-refractivity contribution is 5.73. The van der Waals surface area contributed by atoms with Crippen molar-refractivity contribution in [2.45, 2.75) is 47.0 Å². The Bertz CT molecular complexity index is 312. The predicted octanol–water partition coefficient (Wildman–Crippen LogP) is 4.12. The summed E-state index contributed by atoms with van der Waals surface area (Å²) >= 11 is 0. The lowest BCUT2D eigenvalue weighted by molar-refractivity contribution is 0.946. The highest BCUT2D eigenvalue weighted by Gasteiger charge is 1.99. The van der Waals surface area contributed by atoms with Crippen molar-refractivity contribution < 1.29 is 0 Å². The average molecular weight is 234 g/mol. The van der Waals surface area contributed by atoms with Crippen LogP contribution in [0.15, 0.2) is 22.5 Å². The van der Waals surface area contributed by atoms with Gasteiger partial charge in [-0.05, 0) is 19.3 Å². The van der Waals surface area contributed by atoms with Crippen molar-refractivity contribution in [2.24, 2.45) is 9.98 Å². The van der Waals surface area contributed by atoms with Crippen molar-refractivity contribution in [1.82, 2.24) is 9.97 Å². The highest BCUT2D eigenvalue weighted by Crippen LogP contribution is 2.23. The van der Waals surface area contributed by atoms with Crippen LogP contribution in [0.1, 0.15) is 47.0 Å². The lowest BCUT2D eigenvalue weighted by Crippen LogP contribution is -1.78. The Labute approximate surface area is 104 Å². The molecule has 2 rings (SSSR count). The summed E-state index contributed by atoms with van der Waals surface area (Å²) in [6.07, 6.45) is 10.0. The minimum absolute atomic E-state index is 0.660. The van der Waals surface area contributed by atoms with Crippen molar-refractivity contribution in [3.63, 3.8) is 0 Å². The largest absolute Gasteiger partial charge is 0.256 e. The molecule has 0 aliphatic carbocycles. The van der Waals surface area contributed by atoms with E-state index < -0.39 is 0 Å². The first-order valence-electron chi connectivity index (χ1n) is 6.32. The first-order valence-corrected chi connectivity index (χ1v) is 6.32. The molecule has 4 nitrogen and oxygen atoms in total. The van der Waals surface area contributed by atoms with Gasteiger partial charge in [0.05, 0.1) is 6.20 Å². The Balaban J connectivity index is 0.000000581. The average Bonchev–Trinajstić information content (AvgIpc) is 2.55. The zero-order chi connectivity index (χ0) is 12.9. The standard InChI is InChI=1S/C9H10N4.2C2H6/c1-2-4-11-8-6-10-7-13-9(8)12-5-3-1;2*1-2/h4-7H,1-3H2;2*1-2H3. The fourth-order valence-corrected chi connectivity index (χ4v) is 1.12. The normalized spacial score (nSPS) is 12.7. The molecule has 1 aromatic heterocycles. The second kappa shape index (κ2) is 10.9. The van der Waals surface area contributed by atoms with Gasteiger partial charge in [-0.15, -0.1) is 0 Å². The van der Waals surface area contributed by atoms with Gasteiger partial charge in [0.15, 0.2) is 5.82 Å². The summed E-state index contributed by atoms with van der Waals surface area (Å²) in [5, 5.41) is 0. The third-order valence-corrected chi connectivity index (χ3v) is 1.78. The quantitative estimate of drug-likeness (QED) is 0.678. The van der Waals surface area contributed by atoms with E-state index >= 15 is 0 Å². The summed E-state index contributed by atoms with van der Waals surface area (Å²) in [6.45, 7) is 8.00. The second-order valence-electron chi connectivity index (χ2n) is 2.79. The fraction of sp³-hybridized carbons (Fsp3) is 0.538. The van der Waals surface area contributed by atoms with Gasteiger partial charge in [0.25, 0.3) is 0 Å². The maximum Gasteiger partial charge on any atom is 0.180 e. The molecule has 94 valence electrons. The van der Waals surface area contributed by atoms with Crippen LogP contribution in [0.25, 0.3) is 0 Å². The molecule has 0 bridgehead atoms. The lowest BCUT2D eigenvalue weighted by atomic mass is 10.3. The van der Waals surface area contributed by atoms with E-state index in [9.17, 15) is 0 Å². The van der Waals surface area contributed by atoms with Crippen LogP contribution in [0.3, 0.4) is 0 Å². The number of fused-ring (bicyclic) bond motifs is 1. The van der Waals surface area contributed by atoms with Crippen LogP contribution >= 0.6 is 0 Å². The van der Waals surface area contributed by atoms with Crippen molar-refractivity contribution in [3.8, 4) is 0 Å². The summed E-state index contributed by atoms with van der Waals surface area (Å²) in [5.74, 6) is 0.660. The number of hydrogen-bond donors (Lipinski definition) is 0. The van der Waals surface area contributed by atoms with E-state index in [2.05, 4.69) is 20.0 Å². The van der Waals surface area contributed by atoms with Gasteiger partial charge in [0.1, 0.15) is 12.0 Å². The van der Waals surface area contributed by atoms with Gasteiger partial charge in [-0.1, -0.05) is 27.7 Å². The molecule has 1 aliphatic rings. The Morgan fingerprint density at radius 2 is 1.59 bits per heavy atom. The monoisotopic (exact) mass is 234 g/mol. The van der Waals surface area contributed by atoms with Crippen LogP contribution in [0, 0.1) is 0 Å².